The van der Waals surface area contributed by atoms with Crippen LogP contribution in [0, 0.1) is 0 Å². The molecule has 2 aromatic rings. The number of carbonyl (C=O) groups excluding carboxylic acids is 2. The molecule has 1 aliphatic rings. The third-order valence-electron chi connectivity index (χ3n) is 4.01. The molecule has 0 unspecified atom stereocenters. The second-order valence-corrected chi connectivity index (χ2v) is 8.15. The molecule has 2 amide bonds. The van der Waals surface area contributed by atoms with Gasteiger partial charge in [-0.15, -0.1) is 5.10 Å². The highest BCUT2D eigenvalue weighted by Crippen LogP contribution is 2.44. The van der Waals surface area contributed by atoms with Gasteiger partial charge in [0.15, 0.2) is 16.7 Å². The third-order valence-corrected chi connectivity index (χ3v) is 5.70. The van der Waals surface area contributed by atoms with Gasteiger partial charge in [-0.2, -0.15) is 0 Å². The molecule has 1 heterocycles. The Morgan fingerprint density at radius 3 is 2.59 bits per heavy atom. The summed E-state index contributed by atoms with van der Waals surface area (Å²) in [5.74, 6) is 0.619. The minimum Gasteiger partial charge on any atom is -0.493 e. The van der Waals surface area contributed by atoms with Crippen molar-refractivity contribution >= 4 is 44.7 Å². The average molecular weight is 478 g/mol. The molecule has 0 saturated carbocycles. The van der Waals surface area contributed by atoms with Gasteiger partial charge in [-0.3, -0.25) is 9.59 Å². The number of carbonyl (C=O) groups is 2. The lowest BCUT2D eigenvalue weighted by Crippen LogP contribution is -2.25. The first kappa shape index (κ1) is 21.2. The maximum Gasteiger partial charge on any atom is 0.241 e. The maximum absolute atomic E-state index is 12.1. The molecule has 152 valence electrons. The lowest BCUT2D eigenvalue weighted by molar-refractivity contribution is -0.129. The zero-order valence-corrected chi connectivity index (χ0v) is 18.5. The number of halogens is 1. The van der Waals surface area contributed by atoms with E-state index in [2.05, 4.69) is 26.3 Å². The second-order valence-electron chi connectivity index (χ2n) is 6.23. The number of nitrogens with zero attached hydrogens (tertiary/aromatic N) is 2. The first-order valence-electron chi connectivity index (χ1n) is 8.76. The number of methoxy groups -OCH3 is 1. The van der Waals surface area contributed by atoms with Gasteiger partial charge in [-0.05, 0) is 39.2 Å². The Balaban J connectivity index is 1.86. The lowest BCUT2D eigenvalue weighted by Gasteiger charge is -2.21. The Kier molecular flexibility index (Phi) is 6.81. The molecule has 0 saturated heterocycles. The van der Waals surface area contributed by atoms with E-state index >= 15 is 0 Å². The van der Waals surface area contributed by atoms with Crippen molar-refractivity contribution in [2.75, 3.05) is 7.11 Å². The molecule has 0 bridgehead atoms. The van der Waals surface area contributed by atoms with Crippen molar-refractivity contribution in [3.05, 3.63) is 58.1 Å². The van der Waals surface area contributed by atoms with Crippen LogP contribution in [0.4, 0.5) is 0 Å². The van der Waals surface area contributed by atoms with Gasteiger partial charge in [0.25, 0.3) is 0 Å². The van der Waals surface area contributed by atoms with Gasteiger partial charge >= 0.3 is 0 Å². The summed E-state index contributed by atoms with van der Waals surface area (Å²) in [5.41, 5.74) is 1.82. The van der Waals surface area contributed by atoms with Crippen LogP contribution in [0.25, 0.3) is 0 Å². The quantitative estimate of drug-likeness (QED) is 0.702. The van der Waals surface area contributed by atoms with E-state index in [0.29, 0.717) is 27.7 Å². The highest BCUT2D eigenvalue weighted by Gasteiger charge is 2.33. The van der Waals surface area contributed by atoms with E-state index in [1.807, 2.05) is 42.5 Å². The summed E-state index contributed by atoms with van der Waals surface area (Å²) in [6.07, 6.45) is 0. The van der Waals surface area contributed by atoms with E-state index in [1.54, 1.807) is 7.11 Å². The Morgan fingerprint density at radius 2 is 1.97 bits per heavy atom. The Morgan fingerprint density at radius 1 is 1.24 bits per heavy atom. The van der Waals surface area contributed by atoms with Gasteiger partial charge in [-0.25, -0.2) is 5.01 Å². The number of ether oxygens (including phenoxy) is 2. The van der Waals surface area contributed by atoms with Crippen LogP contribution in [-0.4, -0.2) is 29.1 Å². The number of amidine groups is 1. The Bertz CT molecular complexity index is 952. The van der Waals surface area contributed by atoms with Crippen molar-refractivity contribution in [2.24, 2.45) is 5.10 Å². The van der Waals surface area contributed by atoms with Crippen LogP contribution in [0.1, 0.15) is 30.3 Å². The molecule has 1 atom stereocenters. The fourth-order valence-electron chi connectivity index (χ4n) is 2.73. The van der Waals surface area contributed by atoms with E-state index in [-0.39, 0.29) is 11.8 Å². The van der Waals surface area contributed by atoms with Gasteiger partial charge in [0.05, 0.1) is 11.6 Å². The molecule has 0 aliphatic carbocycles. The van der Waals surface area contributed by atoms with Crippen molar-refractivity contribution in [2.45, 2.75) is 25.8 Å². The highest BCUT2D eigenvalue weighted by atomic mass is 79.9. The number of thioether (sulfide) groups is 1. The number of hydrogen-bond donors (Lipinski definition) is 1. The molecule has 9 heteroatoms. The monoisotopic (exact) mass is 477 g/mol. The van der Waals surface area contributed by atoms with Gasteiger partial charge in [0.2, 0.25) is 11.8 Å². The van der Waals surface area contributed by atoms with Gasteiger partial charge in [0, 0.05) is 13.8 Å². The van der Waals surface area contributed by atoms with E-state index in [0.717, 1.165) is 11.1 Å². The first-order chi connectivity index (χ1) is 13.9. The molecule has 3 rings (SSSR count). The molecule has 29 heavy (non-hydrogen) atoms. The number of benzene rings is 2. The zero-order chi connectivity index (χ0) is 21.0. The number of amides is 2. The first-order valence-corrected chi connectivity index (χ1v) is 10.4. The van der Waals surface area contributed by atoms with E-state index in [9.17, 15) is 9.59 Å². The van der Waals surface area contributed by atoms with Gasteiger partial charge in [0.1, 0.15) is 12.0 Å². The van der Waals surface area contributed by atoms with E-state index < -0.39 is 5.37 Å². The number of nitrogens with one attached hydrogen (secondary N) is 1. The van der Waals surface area contributed by atoms with Crippen LogP contribution in [0.5, 0.6) is 11.5 Å². The van der Waals surface area contributed by atoms with Crippen molar-refractivity contribution < 1.29 is 19.1 Å². The van der Waals surface area contributed by atoms with Crippen molar-refractivity contribution in [3.8, 4) is 11.5 Å². The SMILES string of the molecule is COc1cc([C@@H]2SC(NC(C)=O)=NN2C(C)=O)cc(Br)c1OCc1ccccc1. The molecule has 2 aromatic carbocycles. The summed E-state index contributed by atoms with van der Waals surface area (Å²) in [7, 11) is 1.56. The fourth-order valence-corrected chi connectivity index (χ4v) is 4.42. The smallest absolute Gasteiger partial charge is 0.241 e. The predicted octanol–water partition coefficient (Wildman–Crippen LogP) is 4.04. The summed E-state index contributed by atoms with van der Waals surface area (Å²) >= 11 is 4.83. The summed E-state index contributed by atoms with van der Waals surface area (Å²) in [6.45, 7) is 3.22. The van der Waals surface area contributed by atoms with Crippen molar-refractivity contribution in [1.82, 2.24) is 10.3 Å². The van der Waals surface area contributed by atoms with Crippen LogP contribution in [0.2, 0.25) is 0 Å². The lowest BCUT2D eigenvalue weighted by atomic mass is 10.2. The fraction of sp³-hybridized carbons (Fsp3) is 0.250. The molecular weight excluding hydrogens is 458 g/mol. The Labute approximate surface area is 181 Å². The number of hydrogen-bond acceptors (Lipinski definition) is 6. The summed E-state index contributed by atoms with van der Waals surface area (Å²) in [6, 6.07) is 13.5. The van der Waals surface area contributed by atoms with Crippen LogP contribution in [0.3, 0.4) is 0 Å². The van der Waals surface area contributed by atoms with Gasteiger partial charge < -0.3 is 14.8 Å². The highest BCUT2D eigenvalue weighted by molar-refractivity contribution is 9.10. The molecule has 0 aromatic heterocycles. The number of rotatable bonds is 5. The largest absolute Gasteiger partial charge is 0.493 e. The molecule has 0 radical (unpaired) electrons. The van der Waals surface area contributed by atoms with Crippen LogP contribution >= 0.6 is 27.7 Å². The second kappa shape index (κ2) is 9.32. The maximum atomic E-state index is 12.1. The van der Waals surface area contributed by atoms with Crippen LogP contribution in [-0.2, 0) is 16.2 Å². The minimum absolute atomic E-state index is 0.234. The summed E-state index contributed by atoms with van der Waals surface area (Å²) < 4.78 is 12.2. The molecule has 1 N–H and O–H groups in total. The normalized spacial score (nSPS) is 15.7. The van der Waals surface area contributed by atoms with Gasteiger partial charge in [-0.1, -0.05) is 42.1 Å². The Hall–Kier alpha value is -2.52. The molecule has 1 aliphatic heterocycles. The molecular formula is C20H20BrN3O4S. The van der Waals surface area contributed by atoms with Crippen molar-refractivity contribution in [3.63, 3.8) is 0 Å². The average Bonchev–Trinajstić information content (AvgIpc) is 3.10. The standard InChI is InChI=1S/C20H20BrN3O4S/c1-12(25)22-20-23-24(13(2)26)19(29-20)15-9-16(21)18(17(10-15)27-3)28-11-14-7-5-4-6-8-14/h4-10,19H,11H2,1-3H3,(H,22,23,25)/t19-/m0/s1. The minimum atomic E-state index is -0.428. The third kappa shape index (κ3) is 5.10. The summed E-state index contributed by atoms with van der Waals surface area (Å²) in [5, 5.41) is 8.12. The molecule has 7 nitrogen and oxygen atoms in total. The number of hydrazone groups is 1. The van der Waals surface area contributed by atoms with Crippen LogP contribution < -0.4 is 14.8 Å². The zero-order valence-electron chi connectivity index (χ0n) is 16.1. The molecule has 0 spiro atoms. The van der Waals surface area contributed by atoms with Crippen molar-refractivity contribution in [1.29, 1.82) is 0 Å². The van der Waals surface area contributed by atoms with Crippen LogP contribution in [0.15, 0.2) is 52.0 Å². The van der Waals surface area contributed by atoms with E-state index in [4.69, 9.17) is 9.47 Å². The topological polar surface area (TPSA) is 80.2 Å². The predicted molar refractivity (Wildman–Crippen MR) is 116 cm³/mol. The summed E-state index contributed by atoms with van der Waals surface area (Å²) in [4.78, 5) is 23.4. The molecule has 0 fully saturated rings. The van der Waals surface area contributed by atoms with E-state index in [1.165, 1.54) is 30.6 Å².